The smallest absolute Gasteiger partial charge is 0.135 e. The van der Waals surface area contributed by atoms with E-state index in [2.05, 4.69) is 24.9 Å². The van der Waals surface area contributed by atoms with Crippen LogP contribution in [0.1, 0.15) is 29.5 Å². The molecule has 0 aliphatic rings. The third-order valence-corrected chi connectivity index (χ3v) is 3.10. The number of hydrogen-bond donors (Lipinski definition) is 1. The number of nitrogens with zero attached hydrogens (tertiary/aromatic N) is 1. The Labute approximate surface area is 77.1 Å². The van der Waals surface area contributed by atoms with Gasteiger partial charge in [-0.2, -0.15) is 0 Å². The van der Waals surface area contributed by atoms with Crippen molar-refractivity contribution in [2.75, 3.05) is 7.05 Å². The van der Waals surface area contributed by atoms with Gasteiger partial charge in [0.15, 0.2) is 0 Å². The second kappa shape index (κ2) is 3.72. The lowest BCUT2D eigenvalue weighted by atomic mass is 10.2. The molecule has 0 saturated carbocycles. The molecule has 1 aromatic heterocycles. The summed E-state index contributed by atoms with van der Waals surface area (Å²) in [5, 5.41) is 0. The average Bonchev–Trinajstić information content (AvgIpc) is 2.51. The van der Waals surface area contributed by atoms with Crippen LogP contribution in [0, 0.1) is 0 Å². The topological polar surface area (TPSA) is 38.4 Å². The highest BCUT2D eigenvalue weighted by molar-refractivity contribution is 7.14. The van der Waals surface area contributed by atoms with Crippen LogP contribution < -0.4 is 5.73 Å². The Hall–Kier alpha value is -0.830. The minimum absolute atomic E-state index is 0.577. The van der Waals surface area contributed by atoms with Gasteiger partial charge in [0, 0.05) is 11.9 Å². The minimum Gasteiger partial charge on any atom is -0.383 e. The molecule has 0 bridgehead atoms. The van der Waals surface area contributed by atoms with Crippen LogP contribution in [-0.2, 0) is 0 Å². The molecule has 2 nitrogen and oxygen atoms in total. The van der Waals surface area contributed by atoms with Gasteiger partial charge in [-0.1, -0.05) is 13.8 Å². The molecular formula is C9H14N2S. The molecule has 1 heterocycles. The van der Waals surface area contributed by atoms with Gasteiger partial charge in [-0.3, -0.25) is 4.99 Å². The Balaban J connectivity index is 2.92. The summed E-state index contributed by atoms with van der Waals surface area (Å²) in [6, 6.07) is 4.14. The first kappa shape index (κ1) is 9.26. The Kier molecular flexibility index (Phi) is 2.87. The third kappa shape index (κ3) is 1.85. The molecule has 1 aromatic rings. The molecule has 0 saturated heterocycles. The van der Waals surface area contributed by atoms with Gasteiger partial charge in [-0.05, 0) is 18.1 Å². The molecule has 12 heavy (non-hydrogen) atoms. The van der Waals surface area contributed by atoms with Crippen molar-refractivity contribution in [3.63, 3.8) is 0 Å². The van der Waals surface area contributed by atoms with Crippen LogP contribution in [0.3, 0.4) is 0 Å². The minimum atomic E-state index is 0.577. The molecule has 2 N–H and O–H groups in total. The Morgan fingerprint density at radius 1 is 1.50 bits per heavy atom. The zero-order chi connectivity index (χ0) is 9.14. The Morgan fingerprint density at radius 3 is 2.58 bits per heavy atom. The van der Waals surface area contributed by atoms with E-state index in [1.165, 1.54) is 4.88 Å². The summed E-state index contributed by atoms with van der Waals surface area (Å²) in [6.45, 7) is 4.35. The summed E-state index contributed by atoms with van der Waals surface area (Å²) in [5.41, 5.74) is 5.67. The number of rotatable bonds is 2. The van der Waals surface area contributed by atoms with Crippen LogP contribution in [0.5, 0.6) is 0 Å². The first-order valence-electron chi connectivity index (χ1n) is 3.97. The van der Waals surface area contributed by atoms with Crippen molar-refractivity contribution in [3.8, 4) is 0 Å². The molecule has 3 heteroatoms. The van der Waals surface area contributed by atoms with Gasteiger partial charge < -0.3 is 5.73 Å². The normalized spacial score (nSPS) is 12.5. The summed E-state index contributed by atoms with van der Waals surface area (Å²) in [7, 11) is 1.71. The fraction of sp³-hybridized carbons (Fsp3) is 0.444. The van der Waals surface area contributed by atoms with Crippen LogP contribution in [-0.4, -0.2) is 12.9 Å². The maximum atomic E-state index is 5.67. The van der Waals surface area contributed by atoms with E-state index in [-0.39, 0.29) is 0 Å². The van der Waals surface area contributed by atoms with Crippen molar-refractivity contribution >= 4 is 17.2 Å². The molecule has 0 spiro atoms. The molecule has 0 atom stereocenters. The third-order valence-electron chi connectivity index (χ3n) is 1.69. The van der Waals surface area contributed by atoms with Crippen molar-refractivity contribution in [1.82, 2.24) is 0 Å². The first-order chi connectivity index (χ1) is 5.65. The second-order valence-electron chi connectivity index (χ2n) is 2.97. The van der Waals surface area contributed by atoms with E-state index in [1.807, 2.05) is 6.07 Å². The van der Waals surface area contributed by atoms with Crippen LogP contribution in [0.25, 0.3) is 0 Å². The number of amidine groups is 1. The van der Waals surface area contributed by atoms with Crippen molar-refractivity contribution in [2.45, 2.75) is 19.8 Å². The molecular weight excluding hydrogens is 168 g/mol. The summed E-state index contributed by atoms with van der Waals surface area (Å²) in [5.74, 6) is 1.21. The molecule has 66 valence electrons. The fourth-order valence-corrected chi connectivity index (χ4v) is 1.87. The maximum absolute atomic E-state index is 5.67. The molecule has 0 unspecified atom stereocenters. The van der Waals surface area contributed by atoms with Gasteiger partial charge in [-0.15, -0.1) is 11.3 Å². The van der Waals surface area contributed by atoms with E-state index in [0.29, 0.717) is 11.8 Å². The molecule has 0 aliphatic carbocycles. The lowest BCUT2D eigenvalue weighted by molar-refractivity contribution is 0.890. The van der Waals surface area contributed by atoms with Crippen molar-refractivity contribution in [3.05, 3.63) is 21.9 Å². The van der Waals surface area contributed by atoms with E-state index < -0.39 is 0 Å². The number of hydrogen-bond acceptors (Lipinski definition) is 2. The van der Waals surface area contributed by atoms with E-state index in [9.17, 15) is 0 Å². The summed E-state index contributed by atoms with van der Waals surface area (Å²) in [4.78, 5) is 6.36. The van der Waals surface area contributed by atoms with Gasteiger partial charge in [0.1, 0.15) is 5.84 Å². The van der Waals surface area contributed by atoms with Crippen LogP contribution >= 0.6 is 11.3 Å². The lowest BCUT2D eigenvalue weighted by Gasteiger charge is -1.97. The molecule has 0 amide bonds. The maximum Gasteiger partial charge on any atom is 0.135 e. The van der Waals surface area contributed by atoms with Gasteiger partial charge in [-0.25, -0.2) is 0 Å². The second-order valence-corrected chi connectivity index (χ2v) is 4.08. The van der Waals surface area contributed by atoms with Crippen LogP contribution in [0.4, 0.5) is 0 Å². The van der Waals surface area contributed by atoms with Crippen molar-refractivity contribution in [2.24, 2.45) is 10.7 Å². The molecule has 1 rings (SSSR count). The van der Waals surface area contributed by atoms with Crippen molar-refractivity contribution in [1.29, 1.82) is 0 Å². The molecule has 0 fully saturated rings. The van der Waals surface area contributed by atoms with Crippen LogP contribution in [0.15, 0.2) is 17.1 Å². The highest BCUT2D eigenvalue weighted by Gasteiger charge is 2.05. The SMILES string of the molecule is CN=C(N)c1ccc(C(C)C)s1. The summed E-state index contributed by atoms with van der Waals surface area (Å²) in [6.07, 6.45) is 0. The largest absolute Gasteiger partial charge is 0.383 e. The summed E-state index contributed by atoms with van der Waals surface area (Å²) < 4.78 is 0. The molecule has 0 aromatic carbocycles. The van der Waals surface area contributed by atoms with Gasteiger partial charge in [0.25, 0.3) is 0 Å². The lowest BCUT2D eigenvalue weighted by Crippen LogP contribution is -2.10. The Bertz CT molecular complexity index is 286. The fourth-order valence-electron chi connectivity index (χ4n) is 0.911. The van der Waals surface area contributed by atoms with Gasteiger partial charge in [0.05, 0.1) is 4.88 Å². The monoisotopic (exact) mass is 182 g/mol. The van der Waals surface area contributed by atoms with E-state index in [0.717, 1.165) is 4.88 Å². The van der Waals surface area contributed by atoms with E-state index in [4.69, 9.17) is 5.73 Å². The van der Waals surface area contributed by atoms with Gasteiger partial charge >= 0.3 is 0 Å². The zero-order valence-corrected chi connectivity index (χ0v) is 8.48. The number of aliphatic imine (C=N–C) groups is 1. The Morgan fingerprint density at radius 2 is 2.17 bits per heavy atom. The highest BCUT2D eigenvalue weighted by Crippen LogP contribution is 2.23. The highest BCUT2D eigenvalue weighted by atomic mass is 32.1. The molecule has 0 radical (unpaired) electrons. The summed E-state index contributed by atoms with van der Waals surface area (Å²) >= 11 is 1.72. The average molecular weight is 182 g/mol. The van der Waals surface area contributed by atoms with Crippen molar-refractivity contribution < 1.29 is 0 Å². The predicted molar refractivity (Wildman–Crippen MR) is 55.1 cm³/mol. The standard InChI is InChI=1S/C9H14N2S/c1-6(2)7-4-5-8(12-7)9(10)11-3/h4-6H,1-3H3,(H2,10,11). The predicted octanol–water partition coefficient (Wildman–Crippen LogP) is 2.21. The van der Waals surface area contributed by atoms with Crippen LogP contribution in [0.2, 0.25) is 0 Å². The molecule has 0 aliphatic heterocycles. The zero-order valence-electron chi connectivity index (χ0n) is 7.66. The number of nitrogens with two attached hydrogens (primary N) is 1. The van der Waals surface area contributed by atoms with E-state index in [1.54, 1.807) is 18.4 Å². The first-order valence-corrected chi connectivity index (χ1v) is 4.79. The number of thiophene rings is 1. The van der Waals surface area contributed by atoms with E-state index >= 15 is 0 Å². The quantitative estimate of drug-likeness (QED) is 0.552. The van der Waals surface area contributed by atoms with Gasteiger partial charge in [0.2, 0.25) is 0 Å².